The van der Waals surface area contributed by atoms with Crippen molar-refractivity contribution in [3.8, 4) is 0 Å². The maximum absolute atomic E-state index is 10.7. The van der Waals surface area contributed by atoms with Gasteiger partial charge in [0, 0.05) is 5.92 Å². The lowest BCUT2D eigenvalue weighted by molar-refractivity contribution is 0.0651. The van der Waals surface area contributed by atoms with E-state index < -0.39 is 11.9 Å². The van der Waals surface area contributed by atoms with Crippen LogP contribution >= 0.6 is 0 Å². The van der Waals surface area contributed by atoms with E-state index in [4.69, 9.17) is 9.52 Å². The minimum atomic E-state index is -1.24. The van der Waals surface area contributed by atoms with Crippen molar-refractivity contribution >= 4 is 11.6 Å². The first-order valence-corrected chi connectivity index (χ1v) is 6.60. The van der Waals surface area contributed by atoms with Gasteiger partial charge < -0.3 is 9.52 Å². The van der Waals surface area contributed by atoms with Crippen LogP contribution < -0.4 is 0 Å². The van der Waals surface area contributed by atoms with Gasteiger partial charge in [0.1, 0.15) is 0 Å². The fourth-order valence-electron chi connectivity index (χ4n) is 2.19. The van der Waals surface area contributed by atoms with E-state index in [-0.39, 0.29) is 12.3 Å². The standard InChI is InChI=1S/C13H11N5O3/c19-13(20)12-16-15-11(21-12)5-8-6-18-10(14-8)4-3-9(17-18)7-1-2-7/h3-4,6-7H,1-2,5H2,(H,19,20). The zero-order chi connectivity index (χ0) is 14.4. The van der Waals surface area contributed by atoms with Crippen LogP contribution in [-0.4, -0.2) is 35.9 Å². The molecular weight excluding hydrogens is 274 g/mol. The first kappa shape index (κ1) is 12.0. The molecule has 3 aromatic heterocycles. The number of imidazole rings is 1. The number of aromatic nitrogens is 5. The highest BCUT2D eigenvalue weighted by Gasteiger charge is 2.25. The molecule has 8 nitrogen and oxygen atoms in total. The molecule has 21 heavy (non-hydrogen) atoms. The Bertz CT molecular complexity index is 833. The van der Waals surface area contributed by atoms with E-state index in [9.17, 15) is 4.79 Å². The third-order valence-electron chi connectivity index (χ3n) is 3.37. The van der Waals surface area contributed by atoms with Gasteiger partial charge in [-0.25, -0.2) is 14.3 Å². The molecule has 3 aromatic rings. The first-order chi connectivity index (χ1) is 10.2. The van der Waals surface area contributed by atoms with E-state index >= 15 is 0 Å². The Hall–Kier alpha value is -2.77. The van der Waals surface area contributed by atoms with Crippen molar-refractivity contribution in [1.82, 2.24) is 24.8 Å². The summed E-state index contributed by atoms with van der Waals surface area (Å²) in [5, 5.41) is 20.4. The molecule has 0 saturated heterocycles. The fraction of sp³-hybridized carbons (Fsp3) is 0.308. The average Bonchev–Trinajstić information content (AvgIpc) is 3.07. The van der Waals surface area contributed by atoms with E-state index in [1.807, 2.05) is 12.1 Å². The molecule has 0 unspecified atom stereocenters. The summed E-state index contributed by atoms with van der Waals surface area (Å²) in [4.78, 5) is 15.1. The number of hydrogen-bond donors (Lipinski definition) is 1. The summed E-state index contributed by atoms with van der Waals surface area (Å²) in [6.07, 6.45) is 4.47. The zero-order valence-electron chi connectivity index (χ0n) is 10.9. The molecule has 1 saturated carbocycles. The molecule has 0 aliphatic heterocycles. The van der Waals surface area contributed by atoms with Gasteiger partial charge in [-0.15, -0.1) is 10.2 Å². The van der Waals surface area contributed by atoms with Crippen LogP contribution in [0.15, 0.2) is 22.7 Å². The molecule has 0 bridgehead atoms. The van der Waals surface area contributed by atoms with Gasteiger partial charge in [-0.2, -0.15) is 5.10 Å². The Kier molecular flexibility index (Phi) is 2.50. The van der Waals surface area contributed by atoms with Crippen LogP contribution in [0.4, 0.5) is 0 Å². The van der Waals surface area contributed by atoms with Crippen molar-refractivity contribution in [2.45, 2.75) is 25.2 Å². The van der Waals surface area contributed by atoms with E-state index in [0.717, 1.165) is 11.3 Å². The molecule has 0 amide bonds. The van der Waals surface area contributed by atoms with Gasteiger partial charge in [0.2, 0.25) is 5.89 Å². The lowest BCUT2D eigenvalue weighted by Gasteiger charge is -1.96. The summed E-state index contributed by atoms with van der Waals surface area (Å²) in [5.74, 6) is -0.852. The lowest BCUT2D eigenvalue weighted by Crippen LogP contribution is -1.95. The van der Waals surface area contributed by atoms with Crippen LogP contribution in [0.3, 0.4) is 0 Å². The molecule has 4 rings (SSSR count). The van der Waals surface area contributed by atoms with E-state index in [1.165, 1.54) is 12.8 Å². The van der Waals surface area contributed by atoms with Gasteiger partial charge in [-0.05, 0) is 25.0 Å². The topological polar surface area (TPSA) is 106 Å². The third kappa shape index (κ3) is 2.24. The maximum Gasteiger partial charge on any atom is 0.393 e. The largest absolute Gasteiger partial charge is 0.474 e. The number of carboxylic acid groups (broad SMARTS) is 1. The molecular formula is C13H11N5O3. The highest BCUT2D eigenvalue weighted by molar-refractivity contribution is 5.81. The second-order valence-corrected chi connectivity index (χ2v) is 5.05. The molecule has 1 N–H and O–H groups in total. The second kappa shape index (κ2) is 4.37. The van der Waals surface area contributed by atoms with Crippen molar-refractivity contribution in [2.24, 2.45) is 0 Å². The molecule has 0 atom stereocenters. The zero-order valence-corrected chi connectivity index (χ0v) is 10.9. The van der Waals surface area contributed by atoms with Gasteiger partial charge >= 0.3 is 11.9 Å². The van der Waals surface area contributed by atoms with Crippen LogP contribution in [-0.2, 0) is 6.42 Å². The van der Waals surface area contributed by atoms with Crippen molar-refractivity contribution in [3.63, 3.8) is 0 Å². The predicted octanol–water partition coefficient (Wildman–Crippen LogP) is 1.28. The molecule has 106 valence electrons. The Balaban J connectivity index is 1.61. The van der Waals surface area contributed by atoms with Crippen LogP contribution in [0.5, 0.6) is 0 Å². The Morgan fingerprint density at radius 1 is 1.38 bits per heavy atom. The summed E-state index contributed by atoms with van der Waals surface area (Å²) >= 11 is 0. The second-order valence-electron chi connectivity index (χ2n) is 5.05. The number of carbonyl (C=O) groups is 1. The third-order valence-corrected chi connectivity index (χ3v) is 3.37. The minimum Gasteiger partial charge on any atom is -0.474 e. The predicted molar refractivity (Wildman–Crippen MR) is 69.0 cm³/mol. The van der Waals surface area contributed by atoms with Crippen LogP contribution in [0.1, 0.15) is 46.7 Å². The van der Waals surface area contributed by atoms with Gasteiger partial charge in [0.05, 0.1) is 24.0 Å². The molecule has 1 aliphatic carbocycles. The summed E-state index contributed by atoms with van der Waals surface area (Å²) in [7, 11) is 0. The first-order valence-electron chi connectivity index (χ1n) is 6.60. The molecule has 1 aliphatic rings. The lowest BCUT2D eigenvalue weighted by atomic mass is 10.3. The molecule has 3 heterocycles. The summed E-state index contributed by atoms with van der Waals surface area (Å²) in [5.41, 5.74) is 2.53. The Labute approximate surface area is 118 Å². The fourth-order valence-corrected chi connectivity index (χ4v) is 2.19. The van der Waals surface area contributed by atoms with E-state index in [1.54, 1.807) is 10.7 Å². The molecule has 0 spiro atoms. The molecule has 8 heteroatoms. The van der Waals surface area contributed by atoms with Crippen LogP contribution in [0.2, 0.25) is 0 Å². The Morgan fingerprint density at radius 2 is 2.24 bits per heavy atom. The smallest absolute Gasteiger partial charge is 0.393 e. The number of hydrogen-bond acceptors (Lipinski definition) is 6. The molecule has 1 fully saturated rings. The monoisotopic (exact) mass is 285 g/mol. The van der Waals surface area contributed by atoms with Crippen LogP contribution in [0.25, 0.3) is 5.65 Å². The van der Waals surface area contributed by atoms with Gasteiger partial charge in [-0.1, -0.05) is 0 Å². The van der Waals surface area contributed by atoms with E-state index in [2.05, 4.69) is 20.3 Å². The quantitative estimate of drug-likeness (QED) is 0.769. The van der Waals surface area contributed by atoms with Gasteiger partial charge in [0.15, 0.2) is 5.65 Å². The van der Waals surface area contributed by atoms with Crippen molar-refractivity contribution in [2.75, 3.05) is 0 Å². The van der Waals surface area contributed by atoms with Crippen molar-refractivity contribution in [3.05, 3.63) is 41.5 Å². The number of carboxylic acids is 1. The van der Waals surface area contributed by atoms with Gasteiger partial charge in [-0.3, -0.25) is 0 Å². The number of rotatable bonds is 4. The summed E-state index contributed by atoms with van der Waals surface area (Å²) in [6.45, 7) is 0. The van der Waals surface area contributed by atoms with Gasteiger partial charge in [0.25, 0.3) is 0 Å². The number of fused-ring (bicyclic) bond motifs is 1. The summed E-state index contributed by atoms with van der Waals surface area (Å²) < 4.78 is 6.76. The van der Waals surface area contributed by atoms with Crippen molar-refractivity contribution < 1.29 is 14.3 Å². The maximum atomic E-state index is 10.7. The highest BCUT2D eigenvalue weighted by atomic mass is 16.4. The van der Waals surface area contributed by atoms with E-state index in [0.29, 0.717) is 11.6 Å². The van der Waals surface area contributed by atoms with Crippen LogP contribution in [0, 0.1) is 0 Å². The Morgan fingerprint density at radius 3 is 2.95 bits per heavy atom. The SMILES string of the molecule is O=C(O)c1nnc(Cc2cn3nc(C4CC4)ccc3n2)o1. The van der Waals surface area contributed by atoms with Crippen molar-refractivity contribution in [1.29, 1.82) is 0 Å². The normalized spacial score (nSPS) is 14.7. The number of nitrogens with zero attached hydrogens (tertiary/aromatic N) is 5. The number of aromatic carboxylic acids is 1. The molecule has 0 aromatic carbocycles. The minimum absolute atomic E-state index is 0.221. The molecule has 0 radical (unpaired) electrons. The average molecular weight is 285 g/mol. The highest BCUT2D eigenvalue weighted by Crippen LogP contribution is 2.38. The summed E-state index contributed by atoms with van der Waals surface area (Å²) in [6, 6.07) is 3.93.